The molecule has 1 aromatic carbocycles. The molecule has 0 heterocycles. The number of sulfonamides is 1. The van der Waals surface area contributed by atoms with Crippen LogP contribution in [0.2, 0.25) is 0 Å². The normalized spacial score (nSPS) is 11.3. The zero-order valence-electron chi connectivity index (χ0n) is 10.9. The van der Waals surface area contributed by atoms with Gasteiger partial charge in [-0.1, -0.05) is 0 Å². The van der Waals surface area contributed by atoms with E-state index in [1.165, 1.54) is 6.07 Å². The number of hydrogen-bond acceptors (Lipinski definition) is 4. The fourth-order valence-electron chi connectivity index (χ4n) is 1.49. The van der Waals surface area contributed by atoms with Crippen molar-refractivity contribution in [3.05, 3.63) is 23.3 Å². The monoisotopic (exact) mass is 286 g/mol. The molecule has 8 heteroatoms. The number of amides is 2. The van der Waals surface area contributed by atoms with Gasteiger partial charge in [0.1, 0.15) is 4.90 Å². The fourth-order valence-corrected chi connectivity index (χ4v) is 2.72. The highest BCUT2D eigenvalue weighted by Gasteiger charge is 2.17. The summed E-state index contributed by atoms with van der Waals surface area (Å²) in [6.45, 7) is 3.81. The summed E-state index contributed by atoms with van der Waals surface area (Å²) < 4.78 is 26.4. The highest BCUT2D eigenvalue weighted by molar-refractivity contribution is 7.89. The van der Waals surface area contributed by atoms with Crippen molar-refractivity contribution in [2.75, 3.05) is 18.8 Å². The van der Waals surface area contributed by atoms with Gasteiger partial charge in [0.2, 0.25) is 10.0 Å². The molecule has 0 saturated heterocycles. The minimum absolute atomic E-state index is 0.0367. The Balaban J connectivity index is 2.83. The lowest BCUT2D eigenvalue weighted by Gasteiger charge is -2.11. The maximum atomic E-state index is 12.0. The minimum atomic E-state index is -3.70. The number of nitrogen functional groups attached to an aromatic ring is 1. The number of carbonyl (C=O) groups is 1. The van der Waals surface area contributed by atoms with E-state index < -0.39 is 16.1 Å². The standard InChI is InChI=1S/C11H18N4O3S/c1-7-5-9(12)10(6-8(7)2)19(17,18)15-4-3-14-11(13)16/h5-6,15H,3-4,12H2,1-2H3,(H3,13,14,16). The molecule has 0 aliphatic heterocycles. The van der Waals surface area contributed by atoms with Crippen molar-refractivity contribution in [1.82, 2.24) is 10.0 Å². The highest BCUT2D eigenvalue weighted by atomic mass is 32.2. The second-order valence-corrected chi connectivity index (χ2v) is 5.90. The Labute approximate surface area is 112 Å². The van der Waals surface area contributed by atoms with Crippen LogP contribution < -0.4 is 21.5 Å². The van der Waals surface area contributed by atoms with Gasteiger partial charge in [0.25, 0.3) is 0 Å². The number of hydrogen-bond donors (Lipinski definition) is 4. The van der Waals surface area contributed by atoms with E-state index in [1.54, 1.807) is 6.07 Å². The molecule has 0 spiro atoms. The zero-order valence-corrected chi connectivity index (χ0v) is 11.7. The maximum absolute atomic E-state index is 12.0. The van der Waals surface area contributed by atoms with Gasteiger partial charge >= 0.3 is 6.03 Å². The van der Waals surface area contributed by atoms with Crippen LogP contribution in [0, 0.1) is 13.8 Å². The zero-order chi connectivity index (χ0) is 14.6. The first-order chi connectivity index (χ1) is 8.74. The maximum Gasteiger partial charge on any atom is 0.312 e. The van der Waals surface area contributed by atoms with Crippen molar-refractivity contribution in [2.45, 2.75) is 18.7 Å². The number of anilines is 1. The number of aryl methyl sites for hydroxylation is 2. The van der Waals surface area contributed by atoms with Crippen LogP contribution in [0.3, 0.4) is 0 Å². The molecule has 0 saturated carbocycles. The minimum Gasteiger partial charge on any atom is -0.398 e. The second kappa shape index (κ2) is 5.89. The number of urea groups is 1. The van der Waals surface area contributed by atoms with E-state index in [1.807, 2.05) is 13.8 Å². The van der Waals surface area contributed by atoms with Gasteiger partial charge in [0.15, 0.2) is 0 Å². The molecule has 0 unspecified atom stereocenters. The van der Waals surface area contributed by atoms with Crippen LogP contribution in [0.15, 0.2) is 17.0 Å². The summed E-state index contributed by atoms with van der Waals surface area (Å²) in [6, 6.07) is 2.44. The van der Waals surface area contributed by atoms with E-state index in [9.17, 15) is 13.2 Å². The van der Waals surface area contributed by atoms with Gasteiger partial charge in [0.05, 0.1) is 5.69 Å². The largest absolute Gasteiger partial charge is 0.398 e. The average Bonchev–Trinajstić information content (AvgIpc) is 2.29. The van der Waals surface area contributed by atoms with Crippen molar-refractivity contribution in [3.8, 4) is 0 Å². The first-order valence-electron chi connectivity index (χ1n) is 5.63. The molecule has 1 aromatic rings. The number of carbonyl (C=O) groups excluding carboxylic acids is 1. The number of nitrogens with two attached hydrogens (primary N) is 2. The van der Waals surface area contributed by atoms with Gasteiger partial charge in [-0.3, -0.25) is 0 Å². The molecule has 0 aliphatic carbocycles. The Bertz CT molecular complexity index is 584. The van der Waals surface area contributed by atoms with Gasteiger partial charge in [0, 0.05) is 13.1 Å². The third-order valence-electron chi connectivity index (χ3n) is 2.63. The van der Waals surface area contributed by atoms with E-state index >= 15 is 0 Å². The molecule has 19 heavy (non-hydrogen) atoms. The van der Waals surface area contributed by atoms with Gasteiger partial charge in [-0.25, -0.2) is 17.9 Å². The first-order valence-corrected chi connectivity index (χ1v) is 7.12. The Morgan fingerprint density at radius 1 is 1.21 bits per heavy atom. The Hall–Kier alpha value is -1.80. The van der Waals surface area contributed by atoms with E-state index in [2.05, 4.69) is 10.0 Å². The van der Waals surface area contributed by atoms with Crippen LogP contribution in [0.4, 0.5) is 10.5 Å². The topological polar surface area (TPSA) is 127 Å². The third-order valence-corrected chi connectivity index (χ3v) is 4.15. The highest BCUT2D eigenvalue weighted by Crippen LogP contribution is 2.22. The summed E-state index contributed by atoms with van der Waals surface area (Å²) in [6.07, 6.45) is 0. The molecule has 0 bridgehead atoms. The Morgan fingerprint density at radius 2 is 1.79 bits per heavy atom. The van der Waals surface area contributed by atoms with E-state index in [0.29, 0.717) is 0 Å². The van der Waals surface area contributed by atoms with Gasteiger partial charge < -0.3 is 16.8 Å². The second-order valence-electron chi connectivity index (χ2n) is 4.16. The quantitative estimate of drug-likeness (QED) is 0.442. The van der Waals surface area contributed by atoms with E-state index in [-0.39, 0.29) is 23.7 Å². The van der Waals surface area contributed by atoms with Gasteiger partial charge in [-0.15, -0.1) is 0 Å². The number of rotatable bonds is 5. The van der Waals surface area contributed by atoms with Crippen LogP contribution in [-0.2, 0) is 10.0 Å². The fraction of sp³-hybridized carbons (Fsp3) is 0.364. The molecular weight excluding hydrogens is 268 g/mol. The van der Waals surface area contributed by atoms with Crippen LogP contribution >= 0.6 is 0 Å². The Morgan fingerprint density at radius 3 is 2.37 bits per heavy atom. The lowest BCUT2D eigenvalue weighted by molar-refractivity contribution is 0.249. The van der Waals surface area contributed by atoms with Crippen molar-refractivity contribution >= 4 is 21.7 Å². The van der Waals surface area contributed by atoms with E-state index in [4.69, 9.17) is 11.5 Å². The summed E-state index contributed by atoms with van der Waals surface area (Å²) in [5, 5.41) is 2.29. The van der Waals surface area contributed by atoms with Crippen molar-refractivity contribution in [3.63, 3.8) is 0 Å². The predicted molar refractivity (Wildman–Crippen MR) is 73.1 cm³/mol. The molecule has 106 valence electrons. The van der Waals surface area contributed by atoms with E-state index in [0.717, 1.165) is 11.1 Å². The molecule has 0 atom stereocenters. The lowest BCUT2D eigenvalue weighted by atomic mass is 10.1. The van der Waals surface area contributed by atoms with Crippen LogP contribution in [0.25, 0.3) is 0 Å². The molecule has 1 rings (SSSR count). The number of benzene rings is 1. The molecule has 0 aliphatic rings. The van der Waals surface area contributed by atoms with Crippen LogP contribution in [-0.4, -0.2) is 27.5 Å². The summed E-state index contributed by atoms with van der Waals surface area (Å²) >= 11 is 0. The van der Waals surface area contributed by atoms with Crippen molar-refractivity contribution in [2.24, 2.45) is 5.73 Å². The molecule has 2 amide bonds. The SMILES string of the molecule is Cc1cc(N)c(S(=O)(=O)NCCNC(N)=O)cc1C. The predicted octanol–water partition coefficient (Wildman–Crippen LogP) is -0.168. The van der Waals surface area contributed by atoms with Crippen molar-refractivity contribution < 1.29 is 13.2 Å². The molecule has 7 nitrogen and oxygen atoms in total. The van der Waals surface area contributed by atoms with Crippen LogP contribution in [0.5, 0.6) is 0 Å². The Kier molecular flexibility index (Phi) is 4.73. The molecule has 0 radical (unpaired) electrons. The summed E-state index contributed by atoms with van der Waals surface area (Å²) in [5.41, 5.74) is 12.5. The lowest BCUT2D eigenvalue weighted by Crippen LogP contribution is -2.37. The summed E-state index contributed by atoms with van der Waals surface area (Å²) in [7, 11) is -3.70. The third kappa shape index (κ3) is 4.11. The van der Waals surface area contributed by atoms with Gasteiger partial charge in [-0.05, 0) is 37.1 Å². The molecular formula is C11H18N4O3S. The molecule has 0 fully saturated rings. The van der Waals surface area contributed by atoms with Gasteiger partial charge in [-0.2, -0.15) is 0 Å². The summed E-state index contributed by atoms with van der Waals surface area (Å²) in [4.78, 5) is 10.5. The molecule has 0 aromatic heterocycles. The van der Waals surface area contributed by atoms with Crippen LogP contribution in [0.1, 0.15) is 11.1 Å². The first kappa shape index (κ1) is 15.3. The smallest absolute Gasteiger partial charge is 0.312 e. The summed E-state index contributed by atoms with van der Waals surface area (Å²) in [5.74, 6) is 0. The molecule has 6 N–H and O–H groups in total. The van der Waals surface area contributed by atoms with Crippen molar-refractivity contribution in [1.29, 1.82) is 0 Å². The number of nitrogens with one attached hydrogen (secondary N) is 2. The number of primary amides is 1. The average molecular weight is 286 g/mol.